The summed E-state index contributed by atoms with van der Waals surface area (Å²) in [5.41, 5.74) is 5.44. The van der Waals surface area contributed by atoms with Gasteiger partial charge in [-0.05, 0) is 61.4 Å². The summed E-state index contributed by atoms with van der Waals surface area (Å²) in [7, 11) is 0. The first-order valence-corrected chi connectivity index (χ1v) is 11.5. The van der Waals surface area contributed by atoms with Gasteiger partial charge in [0.15, 0.2) is 0 Å². The fourth-order valence-electron chi connectivity index (χ4n) is 5.86. The van der Waals surface area contributed by atoms with Gasteiger partial charge >= 0.3 is 0 Å². The molecule has 154 valence electrons. The predicted molar refractivity (Wildman–Crippen MR) is 125 cm³/mol. The highest BCUT2D eigenvalue weighted by Crippen LogP contribution is 2.38. The molecule has 2 aliphatic rings. The van der Waals surface area contributed by atoms with Crippen LogP contribution < -0.4 is 4.90 Å². The van der Waals surface area contributed by atoms with E-state index in [1.54, 1.807) is 0 Å². The zero-order valence-electron chi connectivity index (χ0n) is 17.5. The van der Waals surface area contributed by atoms with Gasteiger partial charge < -0.3 is 14.9 Å². The minimum atomic E-state index is 0.713. The van der Waals surface area contributed by atoms with Gasteiger partial charge in [0.25, 0.3) is 0 Å². The molecule has 2 aromatic heterocycles. The summed E-state index contributed by atoms with van der Waals surface area (Å²) in [5, 5.41) is 2.78. The molecule has 30 heavy (non-hydrogen) atoms. The van der Waals surface area contributed by atoms with E-state index >= 15 is 0 Å². The molecule has 1 aliphatic carbocycles. The molecule has 0 unspecified atom stereocenters. The lowest BCUT2D eigenvalue weighted by Crippen LogP contribution is -2.51. The topological polar surface area (TPSA) is 38.1 Å². The lowest BCUT2D eigenvalue weighted by molar-refractivity contribution is 0.141. The maximum atomic E-state index is 3.47. The fraction of sp³-hybridized carbons (Fsp3) is 0.385. The minimum Gasteiger partial charge on any atom is -0.368 e. The summed E-state index contributed by atoms with van der Waals surface area (Å²) in [6.45, 7) is 4.63. The average molecular weight is 399 g/mol. The second-order valence-corrected chi connectivity index (χ2v) is 9.03. The molecule has 0 spiro atoms. The highest BCUT2D eigenvalue weighted by atomic mass is 15.3. The van der Waals surface area contributed by atoms with Crippen LogP contribution in [0.3, 0.4) is 0 Å². The Morgan fingerprint density at radius 1 is 0.700 bits per heavy atom. The van der Waals surface area contributed by atoms with Crippen molar-refractivity contribution in [3.8, 4) is 0 Å². The second kappa shape index (κ2) is 7.51. The molecule has 4 nitrogen and oxygen atoms in total. The van der Waals surface area contributed by atoms with Crippen molar-refractivity contribution in [2.24, 2.45) is 0 Å². The van der Waals surface area contributed by atoms with Crippen LogP contribution in [0, 0.1) is 0 Å². The van der Waals surface area contributed by atoms with Crippen molar-refractivity contribution >= 4 is 27.5 Å². The van der Waals surface area contributed by atoms with Gasteiger partial charge in [-0.25, -0.2) is 0 Å². The number of piperazine rings is 1. The van der Waals surface area contributed by atoms with E-state index < -0.39 is 0 Å². The first kappa shape index (κ1) is 18.1. The number of aromatic amines is 2. The molecule has 1 saturated carbocycles. The van der Waals surface area contributed by atoms with E-state index in [1.807, 2.05) is 0 Å². The van der Waals surface area contributed by atoms with Crippen molar-refractivity contribution in [2.45, 2.75) is 37.6 Å². The van der Waals surface area contributed by atoms with Crippen LogP contribution in [-0.4, -0.2) is 47.1 Å². The number of hydrogen-bond acceptors (Lipinski definition) is 2. The van der Waals surface area contributed by atoms with E-state index in [0.29, 0.717) is 5.92 Å². The number of hydrogen-bond donors (Lipinski definition) is 2. The van der Waals surface area contributed by atoms with Gasteiger partial charge in [-0.3, -0.25) is 4.90 Å². The molecule has 0 bridgehead atoms. The number of rotatable bonds is 3. The van der Waals surface area contributed by atoms with E-state index in [1.165, 1.54) is 71.8 Å². The highest BCUT2D eigenvalue weighted by molar-refractivity contribution is 5.92. The van der Waals surface area contributed by atoms with E-state index in [-0.39, 0.29) is 0 Å². The second-order valence-electron chi connectivity index (χ2n) is 9.03. The zero-order valence-corrected chi connectivity index (χ0v) is 17.5. The molecule has 4 heteroatoms. The standard InChI is InChI=1S/C26H30N4/c1-2-5-24-21(4-1)23(18-28-24)19-8-10-20(11-9-19)29-14-16-30(17-15-29)26-7-3-6-25-22(26)12-13-27-25/h1-7,12-13,18-20,27-28H,8-11,14-17H2/t19-,20-. The average Bonchev–Trinajstić information content (AvgIpc) is 3.46. The van der Waals surface area contributed by atoms with Crippen LogP contribution in [0.1, 0.15) is 37.2 Å². The van der Waals surface area contributed by atoms with Crippen molar-refractivity contribution in [1.82, 2.24) is 14.9 Å². The van der Waals surface area contributed by atoms with Gasteiger partial charge in [-0.2, -0.15) is 0 Å². The molecule has 0 amide bonds. The number of nitrogens with zero attached hydrogens (tertiary/aromatic N) is 2. The highest BCUT2D eigenvalue weighted by Gasteiger charge is 2.30. The quantitative estimate of drug-likeness (QED) is 0.478. The number of aromatic nitrogens is 2. The van der Waals surface area contributed by atoms with Crippen LogP contribution >= 0.6 is 0 Å². The molecule has 1 saturated heterocycles. The normalized spacial score (nSPS) is 23.4. The summed E-state index contributed by atoms with van der Waals surface area (Å²) >= 11 is 0. The Labute approximate surface area is 177 Å². The molecule has 1 aliphatic heterocycles. The third-order valence-electron chi connectivity index (χ3n) is 7.50. The summed E-state index contributed by atoms with van der Waals surface area (Å²) < 4.78 is 0. The number of benzene rings is 2. The number of fused-ring (bicyclic) bond motifs is 2. The molecular weight excluding hydrogens is 368 g/mol. The van der Waals surface area contributed by atoms with Crippen LogP contribution in [0.5, 0.6) is 0 Å². The third-order valence-corrected chi connectivity index (χ3v) is 7.50. The zero-order chi connectivity index (χ0) is 19.9. The summed E-state index contributed by atoms with van der Waals surface area (Å²) in [5.74, 6) is 0.713. The van der Waals surface area contributed by atoms with Gasteiger partial charge in [-0.1, -0.05) is 24.3 Å². The van der Waals surface area contributed by atoms with Gasteiger partial charge in [0.2, 0.25) is 0 Å². The van der Waals surface area contributed by atoms with Crippen molar-refractivity contribution in [3.05, 3.63) is 66.5 Å². The fourth-order valence-corrected chi connectivity index (χ4v) is 5.86. The van der Waals surface area contributed by atoms with Gasteiger partial charge in [0.1, 0.15) is 0 Å². The lowest BCUT2D eigenvalue weighted by Gasteiger charge is -2.42. The lowest BCUT2D eigenvalue weighted by atomic mass is 9.81. The predicted octanol–water partition coefficient (Wildman–Crippen LogP) is 5.50. The van der Waals surface area contributed by atoms with Crippen molar-refractivity contribution < 1.29 is 0 Å². The van der Waals surface area contributed by atoms with Gasteiger partial charge in [-0.15, -0.1) is 0 Å². The van der Waals surface area contributed by atoms with E-state index in [2.05, 4.69) is 80.7 Å². The molecule has 4 aromatic rings. The SMILES string of the molecule is c1cc(N2CCN([C@H]3CC[C@H](c4c[nH]c5ccccc54)CC3)CC2)c2cc[nH]c2c1. The Hall–Kier alpha value is -2.72. The molecule has 2 N–H and O–H groups in total. The molecular formula is C26H30N4. The number of para-hydroxylation sites is 1. The summed E-state index contributed by atoms with van der Waals surface area (Å²) in [6.07, 6.45) is 9.60. The Morgan fingerprint density at radius 3 is 2.33 bits per heavy atom. The number of nitrogens with one attached hydrogen (secondary N) is 2. The van der Waals surface area contributed by atoms with Crippen LogP contribution in [0.2, 0.25) is 0 Å². The molecule has 0 radical (unpaired) electrons. The van der Waals surface area contributed by atoms with Gasteiger partial charge in [0, 0.05) is 72.1 Å². The molecule has 3 heterocycles. The van der Waals surface area contributed by atoms with Crippen molar-refractivity contribution in [1.29, 1.82) is 0 Å². The smallest absolute Gasteiger partial charge is 0.0474 e. The van der Waals surface area contributed by atoms with Crippen LogP contribution in [0.15, 0.2) is 60.9 Å². The minimum absolute atomic E-state index is 0.713. The van der Waals surface area contributed by atoms with E-state index in [4.69, 9.17) is 0 Å². The van der Waals surface area contributed by atoms with E-state index in [9.17, 15) is 0 Å². The van der Waals surface area contributed by atoms with E-state index in [0.717, 1.165) is 19.1 Å². The Balaban J connectivity index is 1.09. The molecule has 2 aromatic carbocycles. The van der Waals surface area contributed by atoms with Crippen LogP contribution in [-0.2, 0) is 0 Å². The molecule has 0 atom stereocenters. The first-order valence-electron chi connectivity index (χ1n) is 11.5. The summed E-state index contributed by atoms with van der Waals surface area (Å²) in [4.78, 5) is 12.2. The maximum absolute atomic E-state index is 3.47. The monoisotopic (exact) mass is 398 g/mol. The Bertz CT molecular complexity index is 1140. The van der Waals surface area contributed by atoms with Crippen LogP contribution in [0.4, 0.5) is 5.69 Å². The molecule has 6 rings (SSSR count). The van der Waals surface area contributed by atoms with Gasteiger partial charge in [0.05, 0.1) is 0 Å². The Kier molecular flexibility index (Phi) is 4.53. The largest absolute Gasteiger partial charge is 0.368 e. The van der Waals surface area contributed by atoms with Crippen molar-refractivity contribution in [2.75, 3.05) is 31.1 Å². The number of H-pyrrole nitrogens is 2. The summed E-state index contributed by atoms with van der Waals surface area (Å²) in [6, 6.07) is 18.3. The maximum Gasteiger partial charge on any atom is 0.0474 e. The van der Waals surface area contributed by atoms with Crippen molar-refractivity contribution in [3.63, 3.8) is 0 Å². The third kappa shape index (κ3) is 3.10. The number of anilines is 1. The van der Waals surface area contributed by atoms with Crippen LogP contribution in [0.25, 0.3) is 21.8 Å². The Morgan fingerprint density at radius 2 is 1.47 bits per heavy atom. The first-order chi connectivity index (χ1) is 14.9. The molecule has 2 fully saturated rings.